The van der Waals surface area contributed by atoms with Crippen molar-refractivity contribution in [2.75, 3.05) is 0 Å². The number of hydrogen-bond acceptors (Lipinski definition) is 0. The number of benzene rings is 10. The van der Waals surface area contributed by atoms with Crippen LogP contribution in [-0.2, 0) is 10.8 Å². The van der Waals surface area contributed by atoms with E-state index in [1.165, 1.54) is 131 Å². The Morgan fingerprint density at radius 1 is 0.267 bits per heavy atom. The van der Waals surface area contributed by atoms with E-state index in [1.807, 2.05) is 0 Å². The molecule has 0 bridgehead atoms. The fraction of sp³-hybridized carbons (Fsp3) is 0.133. The summed E-state index contributed by atoms with van der Waals surface area (Å²) in [5.74, 6) is 0. The molecule has 0 saturated heterocycles. The molecule has 0 aliphatic carbocycles. The Hall–Kier alpha value is -6.76. The van der Waals surface area contributed by atoms with Crippen molar-refractivity contribution in [3.05, 3.63) is 181 Å². The van der Waals surface area contributed by atoms with Crippen LogP contribution >= 0.6 is 0 Å². The van der Waals surface area contributed by atoms with Crippen LogP contribution in [0.4, 0.5) is 0 Å². The molecule has 0 aliphatic heterocycles. The molecule has 0 nitrogen and oxygen atoms in total. The second-order valence-corrected chi connectivity index (χ2v) is 19.2. The third kappa shape index (κ3) is 4.91. The molecule has 0 N–H and O–H groups in total. The van der Waals surface area contributed by atoms with E-state index in [-0.39, 0.29) is 10.8 Å². The van der Waals surface area contributed by atoms with Gasteiger partial charge in [-0.2, -0.15) is 0 Å². The van der Waals surface area contributed by atoms with Crippen LogP contribution in [0.3, 0.4) is 0 Å². The van der Waals surface area contributed by atoms with Crippen molar-refractivity contribution < 1.29 is 0 Å². The zero-order valence-electron chi connectivity index (χ0n) is 35.2. The minimum atomic E-state index is -0.00338. The Kier molecular flexibility index (Phi) is 7.27. The van der Waals surface area contributed by atoms with Crippen LogP contribution in [0.2, 0.25) is 0 Å². The first kappa shape index (κ1) is 35.2. The molecule has 12 rings (SSSR count). The SMILES string of the molecule is CC(C)(C)c1cc(-c2ccc3c4c(-c5ccccc5)c5cc6c7ccccc7c7cccc(c5c(-c5ccccc5)c4c4cccc2c34)c76)c2cc(C(C)(C)C)ccc2c1. The summed E-state index contributed by atoms with van der Waals surface area (Å²) in [6, 6.07) is 64.9. The highest BCUT2D eigenvalue weighted by Gasteiger charge is 2.28. The molecule has 0 fully saturated rings. The molecule has 0 spiro atoms. The molecule has 0 heterocycles. The molecule has 0 atom stereocenters. The van der Waals surface area contributed by atoms with Crippen molar-refractivity contribution in [2.24, 2.45) is 0 Å². The largest absolute Gasteiger partial charge is 0.0622 e. The van der Waals surface area contributed by atoms with Crippen LogP contribution in [0.1, 0.15) is 52.7 Å². The van der Waals surface area contributed by atoms with Gasteiger partial charge in [0.1, 0.15) is 0 Å². The lowest BCUT2D eigenvalue weighted by Crippen LogP contribution is -2.12. The summed E-state index contributed by atoms with van der Waals surface area (Å²) in [5, 5.41) is 21.2. The van der Waals surface area contributed by atoms with E-state index in [2.05, 4.69) is 211 Å². The van der Waals surface area contributed by atoms with Gasteiger partial charge in [-0.1, -0.05) is 199 Å². The van der Waals surface area contributed by atoms with Crippen LogP contribution in [0.15, 0.2) is 170 Å². The van der Waals surface area contributed by atoms with Crippen molar-refractivity contribution in [3.8, 4) is 33.4 Å². The number of rotatable bonds is 3. The fourth-order valence-corrected chi connectivity index (χ4v) is 10.7. The Balaban J connectivity index is 1.32. The lowest BCUT2D eigenvalue weighted by molar-refractivity contribution is 0.589. The average molecular weight is 767 g/mol. The Morgan fingerprint density at radius 2 is 0.800 bits per heavy atom. The smallest absolute Gasteiger partial charge is 0.000719 e. The summed E-state index contributed by atoms with van der Waals surface area (Å²) in [5.41, 5.74) is 10.5. The number of hydrogen-bond donors (Lipinski definition) is 0. The van der Waals surface area contributed by atoms with Gasteiger partial charge in [-0.15, -0.1) is 0 Å². The Labute approximate surface area is 351 Å². The Morgan fingerprint density at radius 3 is 1.48 bits per heavy atom. The first-order valence-electron chi connectivity index (χ1n) is 21.5. The lowest BCUT2D eigenvalue weighted by Gasteiger charge is -2.24. The average Bonchev–Trinajstić information content (AvgIpc) is 3.76. The van der Waals surface area contributed by atoms with Gasteiger partial charge in [0.2, 0.25) is 0 Å². The van der Waals surface area contributed by atoms with Crippen LogP contribution in [-0.4, -0.2) is 0 Å². The van der Waals surface area contributed by atoms with Gasteiger partial charge in [0, 0.05) is 0 Å². The van der Waals surface area contributed by atoms with E-state index in [1.54, 1.807) is 0 Å². The molecule has 60 heavy (non-hydrogen) atoms. The quantitative estimate of drug-likeness (QED) is 0.157. The highest BCUT2D eigenvalue weighted by atomic mass is 14.3. The van der Waals surface area contributed by atoms with Crippen molar-refractivity contribution in [3.63, 3.8) is 0 Å². The summed E-state index contributed by atoms with van der Waals surface area (Å²) in [6.07, 6.45) is 0. The zero-order valence-corrected chi connectivity index (χ0v) is 35.2. The molecule has 0 heteroatoms. The van der Waals surface area contributed by atoms with E-state index in [9.17, 15) is 0 Å². The van der Waals surface area contributed by atoms with Crippen LogP contribution in [0.5, 0.6) is 0 Å². The minimum Gasteiger partial charge on any atom is -0.0622 e. The van der Waals surface area contributed by atoms with Gasteiger partial charge in [0.25, 0.3) is 0 Å². The lowest BCUT2D eigenvalue weighted by atomic mass is 9.80. The highest BCUT2D eigenvalue weighted by molar-refractivity contribution is 6.45. The summed E-state index contributed by atoms with van der Waals surface area (Å²) in [4.78, 5) is 0. The predicted octanol–water partition coefficient (Wildman–Crippen LogP) is 17.4. The molecule has 0 saturated carbocycles. The maximum atomic E-state index is 2.54. The second kappa shape index (κ2) is 12.4. The van der Waals surface area contributed by atoms with Gasteiger partial charge in [-0.05, 0) is 154 Å². The van der Waals surface area contributed by atoms with Crippen LogP contribution < -0.4 is 0 Å². The molecule has 0 amide bonds. The monoisotopic (exact) mass is 766 g/mol. The zero-order chi connectivity index (χ0) is 40.7. The standard InChI is InChI=1S/C60H46/c1-59(2,3)38-28-27-37-31-39(60(4,5)6)33-49(48(37)32-38)42-29-30-47-54-44(42)24-16-26-46(54)58-53(36-19-11-8-12-20-36)56-45-25-15-23-43-40-21-13-14-22-41(40)50(55(43)45)34-51(56)52(57(47)58)35-17-9-7-10-18-35/h7-34H,1-6H3. The summed E-state index contributed by atoms with van der Waals surface area (Å²) in [6.45, 7) is 14.0. The molecular formula is C60H46. The highest BCUT2D eigenvalue weighted by Crippen LogP contribution is 2.55. The minimum absolute atomic E-state index is 0.00338. The maximum absolute atomic E-state index is 2.54. The van der Waals surface area contributed by atoms with Gasteiger partial charge in [0.05, 0.1) is 0 Å². The predicted molar refractivity (Wildman–Crippen MR) is 263 cm³/mol. The molecule has 12 aromatic rings. The first-order chi connectivity index (χ1) is 29.1. The molecular weight excluding hydrogens is 721 g/mol. The van der Waals surface area contributed by atoms with Crippen LogP contribution in [0.25, 0.3) is 120 Å². The summed E-state index contributed by atoms with van der Waals surface area (Å²) < 4.78 is 0. The molecule has 12 aromatic carbocycles. The van der Waals surface area contributed by atoms with Crippen molar-refractivity contribution in [1.29, 1.82) is 0 Å². The molecule has 0 unspecified atom stereocenters. The van der Waals surface area contributed by atoms with Crippen LogP contribution in [0, 0.1) is 0 Å². The van der Waals surface area contributed by atoms with Gasteiger partial charge in [-0.25, -0.2) is 0 Å². The first-order valence-corrected chi connectivity index (χ1v) is 21.5. The van der Waals surface area contributed by atoms with E-state index >= 15 is 0 Å². The Bertz CT molecular complexity index is 3690. The van der Waals surface area contributed by atoms with E-state index in [4.69, 9.17) is 0 Å². The van der Waals surface area contributed by atoms with Gasteiger partial charge in [-0.3, -0.25) is 0 Å². The topological polar surface area (TPSA) is 0 Å². The normalized spacial score (nSPS) is 12.8. The molecule has 0 aliphatic rings. The van der Waals surface area contributed by atoms with E-state index in [0.717, 1.165) is 0 Å². The van der Waals surface area contributed by atoms with Crippen molar-refractivity contribution in [1.82, 2.24) is 0 Å². The van der Waals surface area contributed by atoms with E-state index in [0.29, 0.717) is 0 Å². The van der Waals surface area contributed by atoms with E-state index < -0.39 is 0 Å². The van der Waals surface area contributed by atoms with Gasteiger partial charge in [0.15, 0.2) is 0 Å². The molecule has 286 valence electrons. The van der Waals surface area contributed by atoms with Gasteiger partial charge < -0.3 is 0 Å². The molecule has 0 aromatic heterocycles. The van der Waals surface area contributed by atoms with Crippen molar-refractivity contribution in [2.45, 2.75) is 52.4 Å². The third-order valence-corrected chi connectivity index (χ3v) is 13.6. The molecule has 0 radical (unpaired) electrons. The maximum Gasteiger partial charge on any atom is -0.000719 e. The third-order valence-electron chi connectivity index (χ3n) is 13.6. The summed E-state index contributed by atoms with van der Waals surface area (Å²) >= 11 is 0. The second-order valence-electron chi connectivity index (χ2n) is 19.2. The van der Waals surface area contributed by atoms with Gasteiger partial charge >= 0.3 is 0 Å². The summed E-state index contributed by atoms with van der Waals surface area (Å²) in [7, 11) is 0. The fourth-order valence-electron chi connectivity index (χ4n) is 10.7. The van der Waals surface area contributed by atoms with Crippen molar-refractivity contribution >= 4 is 86.2 Å². The number of fused-ring (bicyclic) bond motifs is 9.